The Labute approximate surface area is 122 Å². The molecule has 0 bridgehead atoms. The highest BCUT2D eigenvalue weighted by molar-refractivity contribution is 5.36. The van der Waals surface area contributed by atoms with Gasteiger partial charge in [-0.25, -0.2) is 0 Å². The predicted molar refractivity (Wildman–Crippen MR) is 81.8 cm³/mol. The summed E-state index contributed by atoms with van der Waals surface area (Å²) >= 11 is 0. The predicted octanol–water partition coefficient (Wildman–Crippen LogP) is 3.53. The van der Waals surface area contributed by atoms with E-state index in [2.05, 4.69) is 33.8 Å². The summed E-state index contributed by atoms with van der Waals surface area (Å²) in [5.41, 5.74) is 7.66. The normalized spacial score (nSPS) is 31.2. The molecular weight excluding hydrogens is 250 g/mol. The molecule has 1 aliphatic heterocycles. The molecule has 1 heterocycles. The number of ether oxygens (including phenoxy) is 2. The van der Waals surface area contributed by atoms with Gasteiger partial charge in [-0.1, -0.05) is 32.0 Å². The molecule has 1 fully saturated rings. The van der Waals surface area contributed by atoms with Crippen LogP contribution < -0.4 is 10.5 Å². The van der Waals surface area contributed by atoms with Gasteiger partial charge in [0.05, 0.1) is 18.8 Å². The maximum Gasteiger partial charge on any atom is 0.124 e. The molecule has 5 unspecified atom stereocenters. The Bertz CT molecular complexity index is 435. The molecule has 1 aromatic rings. The first-order chi connectivity index (χ1) is 9.56. The molecule has 5 atom stereocenters. The van der Waals surface area contributed by atoms with Crippen molar-refractivity contribution >= 4 is 0 Å². The maximum absolute atomic E-state index is 6.56. The van der Waals surface area contributed by atoms with Gasteiger partial charge in [-0.15, -0.1) is 0 Å². The lowest BCUT2D eigenvalue weighted by Gasteiger charge is -2.27. The van der Waals surface area contributed by atoms with Crippen molar-refractivity contribution in [3.05, 3.63) is 29.8 Å². The van der Waals surface area contributed by atoms with Crippen LogP contribution in [0.2, 0.25) is 0 Å². The van der Waals surface area contributed by atoms with Gasteiger partial charge in [-0.3, -0.25) is 0 Å². The minimum Gasteiger partial charge on any atom is -0.493 e. The van der Waals surface area contributed by atoms with Crippen LogP contribution in [0, 0.1) is 11.8 Å². The molecule has 3 nitrogen and oxygen atoms in total. The second-order valence-electron chi connectivity index (χ2n) is 5.89. The summed E-state index contributed by atoms with van der Waals surface area (Å²) < 4.78 is 11.8. The van der Waals surface area contributed by atoms with Crippen molar-refractivity contribution in [1.29, 1.82) is 0 Å². The summed E-state index contributed by atoms with van der Waals surface area (Å²) in [7, 11) is 0. The van der Waals surface area contributed by atoms with Crippen LogP contribution in [-0.4, -0.2) is 18.8 Å². The second-order valence-corrected chi connectivity index (χ2v) is 5.89. The fourth-order valence-corrected chi connectivity index (χ4v) is 3.22. The smallest absolute Gasteiger partial charge is 0.124 e. The number of nitrogens with two attached hydrogens (primary N) is 1. The van der Waals surface area contributed by atoms with Gasteiger partial charge in [0.25, 0.3) is 0 Å². The molecule has 0 aliphatic carbocycles. The first-order valence-corrected chi connectivity index (χ1v) is 7.69. The van der Waals surface area contributed by atoms with Crippen LogP contribution in [0.3, 0.4) is 0 Å². The Morgan fingerprint density at radius 2 is 1.90 bits per heavy atom. The average molecular weight is 277 g/mol. The zero-order valence-corrected chi connectivity index (χ0v) is 13.0. The largest absolute Gasteiger partial charge is 0.493 e. The standard InChI is InChI=1S/C17H27NO2/c1-5-10-19-15-9-7-6-8-14(15)17(18)16-11(2)12(3)20-13(16)4/h6-9,11-13,16-17H,5,10,18H2,1-4H3. The fraction of sp³-hybridized carbons (Fsp3) is 0.647. The van der Waals surface area contributed by atoms with E-state index in [4.69, 9.17) is 15.2 Å². The van der Waals surface area contributed by atoms with Gasteiger partial charge in [-0.05, 0) is 32.3 Å². The highest BCUT2D eigenvalue weighted by atomic mass is 16.5. The molecule has 0 spiro atoms. The molecule has 0 saturated carbocycles. The van der Waals surface area contributed by atoms with Crippen molar-refractivity contribution in [1.82, 2.24) is 0 Å². The summed E-state index contributed by atoms with van der Waals surface area (Å²) in [6.07, 6.45) is 1.46. The van der Waals surface area contributed by atoms with Gasteiger partial charge in [0.2, 0.25) is 0 Å². The van der Waals surface area contributed by atoms with Gasteiger partial charge < -0.3 is 15.2 Å². The van der Waals surface area contributed by atoms with Crippen molar-refractivity contribution in [2.45, 2.75) is 52.4 Å². The Morgan fingerprint density at radius 1 is 1.20 bits per heavy atom. The van der Waals surface area contributed by atoms with Crippen molar-refractivity contribution < 1.29 is 9.47 Å². The third-order valence-corrected chi connectivity index (χ3v) is 4.47. The van der Waals surface area contributed by atoms with E-state index in [9.17, 15) is 0 Å². The molecule has 1 aliphatic rings. The monoisotopic (exact) mass is 277 g/mol. The van der Waals surface area contributed by atoms with Crippen molar-refractivity contribution in [2.75, 3.05) is 6.61 Å². The third-order valence-electron chi connectivity index (χ3n) is 4.47. The molecule has 0 radical (unpaired) electrons. The lowest BCUT2D eigenvalue weighted by Crippen LogP contribution is -2.31. The van der Waals surface area contributed by atoms with E-state index < -0.39 is 0 Å². The van der Waals surface area contributed by atoms with Gasteiger partial charge in [-0.2, -0.15) is 0 Å². The van der Waals surface area contributed by atoms with Crippen molar-refractivity contribution in [2.24, 2.45) is 17.6 Å². The Kier molecular flexibility index (Phi) is 5.06. The van der Waals surface area contributed by atoms with Crippen LogP contribution in [0.4, 0.5) is 0 Å². The molecule has 1 saturated heterocycles. The average Bonchev–Trinajstić information content (AvgIpc) is 2.69. The summed E-state index contributed by atoms with van der Waals surface area (Å²) in [5.74, 6) is 1.71. The lowest BCUT2D eigenvalue weighted by atomic mass is 9.81. The highest BCUT2D eigenvalue weighted by Crippen LogP contribution is 2.41. The molecule has 20 heavy (non-hydrogen) atoms. The van der Waals surface area contributed by atoms with E-state index in [1.165, 1.54) is 0 Å². The summed E-state index contributed by atoms with van der Waals surface area (Å²) in [4.78, 5) is 0. The van der Waals surface area contributed by atoms with Crippen LogP contribution >= 0.6 is 0 Å². The number of benzene rings is 1. The van der Waals surface area contributed by atoms with Crippen LogP contribution in [0.1, 0.15) is 45.7 Å². The molecular formula is C17H27NO2. The lowest BCUT2D eigenvalue weighted by molar-refractivity contribution is 0.0488. The van der Waals surface area contributed by atoms with Crippen molar-refractivity contribution in [3.8, 4) is 5.75 Å². The molecule has 1 aromatic carbocycles. The molecule has 0 aromatic heterocycles. The minimum atomic E-state index is -0.0435. The maximum atomic E-state index is 6.56. The molecule has 112 valence electrons. The molecule has 0 amide bonds. The first kappa shape index (κ1) is 15.3. The Morgan fingerprint density at radius 3 is 2.50 bits per heavy atom. The van der Waals surface area contributed by atoms with E-state index in [1.807, 2.05) is 18.2 Å². The molecule has 2 rings (SSSR count). The van der Waals surface area contributed by atoms with Crippen LogP contribution in [0.15, 0.2) is 24.3 Å². The summed E-state index contributed by atoms with van der Waals surface area (Å²) in [6.45, 7) is 9.33. The number of para-hydroxylation sites is 1. The van der Waals surface area contributed by atoms with Crippen LogP contribution in [0.5, 0.6) is 5.75 Å². The number of hydrogen-bond donors (Lipinski definition) is 1. The number of rotatable bonds is 5. The molecule has 2 N–H and O–H groups in total. The molecule has 3 heteroatoms. The van der Waals surface area contributed by atoms with Crippen LogP contribution in [-0.2, 0) is 4.74 Å². The van der Waals surface area contributed by atoms with Crippen LogP contribution in [0.25, 0.3) is 0 Å². The van der Waals surface area contributed by atoms with E-state index in [-0.39, 0.29) is 18.2 Å². The highest BCUT2D eigenvalue weighted by Gasteiger charge is 2.41. The minimum absolute atomic E-state index is 0.0435. The van der Waals surface area contributed by atoms with Gasteiger partial charge in [0, 0.05) is 17.5 Å². The van der Waals surface area contributed by atoms with E-state index in [1.54, 1.807) is 0 Å². The quantitative estimate of drug-likeness (QED) is 0.895. The van der Waals surface area contributed by atoms with Gasteiger partial charge in [0.15, 0.2) is 0 Å². The Balaban J connectivity index is 2.22. The second kappa shape index (κ2) is 6.59. The zero-order valence-electron chi connectivity index (χ0n) is 13.0. The topological polar surface area (TPSA) is 44.5 Å². The fourth-order valence-electron chi connectivity index (χ4n) is 3.22. The van der Waals surface area contributed by atoms with Crippen molar-refractivity contribution in [3.63, 3.8) is 0 Å². The first-order valence-electron chi connectivity index (χ1n) is 7.69. The Hall–Kier alpha value is -1.06. The van der Waals surface area contributed by atoms with E-state index in [0.29, 0.717) is 11.8 Å². The van der Waals surface area contributed by atoms with Gasteiger partial charge >= 0.3 is 0 Å². The van der Waals surface area contributed by atoms with E-state index in [0.717, 1.165) is 24.3 Å². The van der Waals surface area contributed by atoms with E-state index >= 15 is 0 Å². The third kappa shape index (κ3) is 2.99. The summed E-state index contributed by atoms with van der Waals surface area (Å²) in [6, 6.07) is 8.08. The zero-order chi connectivity index (χ0) is 14.7. The summed E-state index contributed by atoms with van der Waals surface area (Å²) in [5, 5.41) is 0. The van der Waals surface area contributed by atoms with Gasteiger partial charge in [0.1, 0.15) is 5.75 Å². The SMILES string of the molecule is CCCOc1ccccc1C(N)C1C(C)OC(C)C1C. The number of hydrogen-bond acceptors (Lipinski definition) is 3.